The Labute approximate surface area is 116 Å². The van der Waals surface area contributed by atoms with Crippen molar-refractivity contribution >= 4 is 0 Å². The topological polar surface area (TPSA) is 15.3 Å². The summed E-state index contributed by atoms with van der Waals surface area (Å²) in [6, 6.07) is 0.560. The van der Waals surface area contributed by atoms with Crippen molar-refractivity contribution in [2.75, 3.05) is 26.2 Å². The summed E-state index contributed by atoms with van der Waals surface area (Å²) in [5.41, 5.74) is 0.319. The van der Waals surface area contributed by atoms with E-state index in [1.54, 1.807) is 0 Å². The van der Waals surface area contributed by atoms with Crippen molar-refractivity contribution in [3.63, 3.8) is 0 Å². The van der Waals surface area contributed by atoms with Crippen LogP contribution in [-0.4, -0.2) is 37.1 Å². The second-order valence-electron chi connectivity index (χ2n) is 7.25. The van der Waals surface area contributed by atoms with Crippen LogP contribution in [-0.2, 0) is 0 Å². The van der Waals surface area contributed by atoms with Crippen molar-refractivity contribution in [2.45, 2.75) is 61.4 Å². The molecule has 0 rings (SSSR count). The maximum Gasteiger partial charge on any atom is 0.0102 e. The van der Waals surface area contributed by atoms with Gasteiger partial charge in [0.2, 0.25) is 0 Å². The zero-order chi connectivity index (χ0) is 14.3. The van der Waals surface area contributed by atoms with Gasteiger partial charge in [0.15, 0.2) is 0 Å². The smallest absolute Gasteiger partial charge is 0.0102 e. The third-order valence-corrected chi connectivity index (χ3v) is 3.56. The van der Waals surface area contributed by atoms with Crippen LogP contribution in [0.1, 0.15) is 55.4 Å². The minimum atomic E-state index is 0.319. The first-order valence-electron chi connectivity index (χ1n) is 7.64. The minimum absolute atomic E-state index is 0.319. The summed E-state index contributed by atoms with van der Waals surface area (Å²) in [5, 5.41) is 3.57. The fourth-order valence-corrected chi connectivity index (χ4v) is 2.53. The Morgan fingerprint density at radius 2 is 1.39 bits per heavy atom. The third-order valence-electron chi connectivity index (χ3n) is 3.56. The normalized spacial score (nSPS) is 14.8. The van der Waals surface area contributed by atoms with Crippen molar-refractivity contribution in [3.05, 3.63) is 0 Å². The van der Waals surface area contributed by atoms with Gasteiger partial charge >= 0.3 is 0 Å². The lowest BCUT2D eigenvalue weighted by Crippen LogP contribution is -2.48. The van der Waals surface area contributed by atoms with Gasteiger partial charge in [0, 0.05) is 25.7 Å². The molecule has 0 radical (unpaired) electrons. The van der Waals surface area contributed by atoms with E-state index >= 15 is 0 Å². The fourth-order valence-electron chi connectivity index (χ4n) is 2.53. The Kier molecular flexibility index (Phi) is 8.13. The molecule has 0 fully saturated rings. The van der Waals surface area contributed by atoms with Crippen LogP contribution in [0.15, 0.2) is 0 Å². The van der Waals surface area contributed by atoms with Crippen molar-refractivity contribution in [1.29, 1.82) is 0 Å². The maximum atomic E-state index is 3.57. The first kappa shape index (κ1) is 17.9. The second kappa shape index (κ2) is 8.16. The zero-order valence-electron chi connectivity index (χ0n) is 14.0. The summed E-state index contributed by atoms with van der Waals surface area (Å²) in [6.07, 6.45) is 0. The molecule has 1 unspecified atom stereocenters. The predicted octanol–water partition coefficient (Wildman–Crippen LogP) is 3.62. The molecule has 110 valence electrons. The molecule has 0 bridgehead atoms. The zero-order valence-corrected chi connectivity index (χ0v) is 14.0. The molecule has 0 saturated heterocycles. The van der Waals surface area contributed by atoms with E-state index in [0.717, 1.165) is 18.4 Å². The summed E-state index contributed by atoms with van der Waals surface area (Å²) < 4.78 is 0. The lowest BCUT2D eigenvalue weighted by molar-refractivity contribution is 0.121. The van der Waals surface area contributed by atoms with E-state index in [-0.39, 0.29) is 0 Å². The summed E-state index contributed by atoms with van der Waals surface area (Å²) in [5.74, 6) is 1.49. The average molecular weight is 256 g/mol. The van der Waals surface area contributed by atoms with Gasteiger partial charge in [-0.25, -0.2) is 0 Å². The summed E-state index contributed by atoms with van der Waals surface area (Å²) >= 11 is 0. The average Bonchev–Trinajstić information content (AvgIpc) is 2.14. The number of hydrogen-bond acceptors (Lipinski definition) is 2. The van der Waals surface area contributed by atoms with E-state index < -0.39 is 0 Å². The van der Waals surface area contributed by atoms with Crippen molar-refractivity contribution in [2.24, 2.45) is 17.3 Å². The Hall–Kier alpha value is -0.0800. The van der Waals surface area contributed by atoms with E-state index in [1.807, 2.05) is 0 Å². The van der Waals surface area contributed by atoms with Crippen LogP contribution >= 0.6 is 0 Å². The molecule has 0 saturated carbocycles. The molecule has 0 aromatic heterocycles. The molecule has 2 heteroatoms. The standard InChI is InChI=1S/C16H36N2/c1-9-17-15(6)16(7,8)12-18(10-13(2)3)11-14(4)5/h13-15,17H,9-12H2,1-8H3. The number of hydrogen-bond donors (Lipinski definition) is 1. The molecule has 0 spiro atoms. The van der Waals surface area contributed by atoms with Gasteiger partial charge in [-0.15, -0.1) is 0 Å². The van der Waals surface area contributed by atoms with Crippen LogP contribution in [0.4, 0.5) is 0 Å². The van der Waals surface area contributed by atoms with Crippen LogP contribution in [0.25, 0.3) is 0 Å². The lowest BCUT2D eigenvalue weighted by atomic mass is 9.84. The maximum absolute atomic E-state index is 3.57. The van der Waals surface area contributed by atoms with Gasteiger partial charge in [-0.05, 0) is 30.7 Å². The van der Waals surface area contributed by atoms with Gasteiger partial charge in [0.25, 0.3) is 0 Å². The quantitative estimate of drug-likeness (QED) is 0.678. The van der Waals surface area contributed by atoms with Crippen LogP contribution in [0.5, 0.6) is 0 Å². The molecule has 0 amide bonds. The van der Waals surface area contributed by atoms with E-state index in [2.05, 4.69) is 65.6 Å². The van der Waals surface area contributed by atoms with Gasteiger partial charge in [-0.2, -0.15) is 0 Å². The van der Waals surface area contributed by atoms with E-state index in [9.17, 15) is 0 Å². The van der Waals surface area contributed by atoms with Crippen LogP contribution in [0.3, 0.4) is 0 Å². The molecule has 1 N–H and O–H groups in total. The number of rotatable bonds is 9. The Morgan fingerprint density at radius 3 is 1.72 bits per heavy atom. The van der Waals surface area contributed by atoms with Crippen LogP contribution in [0, 0.1) is 17.3 Å². The first-order chi connectivity index (χ1) is 8.19. The third kappa shape index (κ3) is 7.38. The predicted molar refractivity (Wildman–Crippen MR) is 83.0 cm³/mol. The highest BCUT2D eigenvalue weighted by atomic mass is 15.1. The molecule has 2 nitrogen and oxygen atoms in total. The summed E-state index contributed by atoms with van der Waals surface area (Å²) in [6.45, 7) is 23.2. The van der Waals surface area contributed by atoms with Crippen molar-refractivity contribution in [3.8, 4) is 0 Å². The first-order valence-corrected chi connectivity index (χ1v) is 7.64. The van der Waals surface area contributed by atoms with E-state index in [4.69, 9.17) is 0 Å². The molecule has 18 heavy (non-hydrogen) atoms. The van der Waals surface area contributed by atoms with Gasteiger partial charge in [-0.1, -0.05) is 48.5 Å². The van der Waals surface area contributed by atoms with Crippen molar-refractivity contribution in [1.82, 2.24) is 10.2 Å². The van der Waals surface area contributed by atoms with Gasteiger partial charge in [0.05, 0.1) is 0 Å². The molecule has 1 atom stereocenters. The molecular formula is C16H36N2. The highest BCUT2D eigenvalue weighted by Crippen LogP contribution is 2.23. The Morgan fingerprint density at radius 1 is 0.944 bits per heavy atom. The molecule has 0 aliphatic rings. The highest BCUT2D eigenvalue weighted by molar-refractivity contribution is 4.84. The van der Waals surface area contributed by atoms with Crippen molar-refractivity contribution < 1.29 is 0 Å². The van der Waals surface area contributed by atoms with Gasteiger partial charge < -0.3 is 10.2 Å². The van der Waals surface area contributed by atoms with E-state index in [1.165, 1.54) is 19.6 Å². The summed E-state index contributed by atoms with van der Waals surface area (Å²) in [7, 11) is 0. The SMILES string of the molecule is CCNC(C)C(C)(C)CN(CC(C)C)CC(C)C. The number of nitrogens with one attached hydrogen (secondary N) is 1. The largest absolute Gasteiger partial charge is 0.314 e. The Balaban J connectivity index is 4.52. The summed E-state index contributed by atoms with van der Waals surface area (Å²) in [4.78, 5) is 2.64. The monoisotopic (exact) mass is 256 g/mol. The van der Waals surface area contributed by atoms with Gasteiger partial charge in [0.1, 0.15) is 0 Å². The highest BCUT2D eigenvalue weighted by Gasteiger charge is 2.28. The Bertz CT molecular complexity index is 199. The molecule has 0 heterocycles. The van der Waals surface area contributed by atoms with Crippen LogP contribution < -0.4 is 5.32 Å². The molecule has 0 aliphatic heterocycles. The lowest BCUT2D eigenvalue weighted by Gasteiger charge is -2.39. The molecular weight excluding hydrogens is 220 g/mol. The molecule has 0 aromatic carbocycles. The molecule has 0 aliphatic carbocycles. The van der Waals surface area contributed by atoms with E-state index in [0.29, 0.717) is 11.5 Å². The molecule has 0 aromatic rings. The number of nitrogens with zero attached hydrogens (tertiary/aromatic N) is 1. The fraction of sp³-hybridized carbons (Fsp3) is 1.00. The van der Waals surface area contributed by atoms with Crippen LogP contribution in [0.2, 0.25) is 0 Å². The van der Waals surface area contributed by atoms with Gasteiger partial charge in [-0.3, -0.25) is 0 Å². The second-order valence-corrected chi connectivity index (χ2v) is 7.25. The minimum Gasteiger partial charge on any atom is -0.314 e.